The Bertz CT molecular complexity index is 1510. The van der Waals surface area contributed by atoms with Gasteiger partial charge in [-0.1, -0.05) is 24.3 Å². The lowest BCUT2D eigenvalue weighted by atomic mass is 10.1. The molecule has 34 heavy (non-hydrogen) atoms. The Labute approximate surface area is 196 Å². The van der Waals surface area contributed by atoms with E-state index in [1.165, 1.54) is 24.3 Å². The molecule has 0 radical (unpaired) electrons. The molecule has 0 saturated carbocycles. The Morgan fingerprint density at radius 1 is 0.912 bits per heavy atom. The van der Waals surface area contributed by atoms with Crippen LogP contribution in [0.1, 0.15) is 21.5 Å². The highest BCUT2D eigenvalue weighted by atomic mass is 19.1. The highest BCUT2D eigenvalue weighted by Crippen LogP contribution is 2.27. The molecular weight excluding hydrogens is 429 g/mol. The number of fused-ring (bicyclic) bond motifs is 1. The van der Waals surface area contributed by atoms with Gasteiger partial charge >= 0.3 is 0 Å². The summed E-state index contributed by atoms with van der Waals surface area (Å²) >= 11 is 0. The number of pyridine rings is 1. The fourth-order valence-corrected chi connectivity index (χ4v) is 3.74. The predicted octanol–water partition coefficient (Wildman–Crippen LogP) is 6.80. The maximum Gasteiger partial charge on any atom is 0.255 e. The molecule has 0 aliphatic rings. The van der Waals surface area contributed by atoms with Crippen molar-refractivity contribution in [3.63, 3.8) is 0 Å². The zero-order valence-corrected chi connectivity index (χ0v) is 18.7. The predicted molar refractivity (Wildman–Crippen MR) is 131 cm³/mol. The Hall–Kier alpha value is -4.45. The highest BCUT2D eigenvalue weighted by Gasteiger charge is 2.12. The van der Waals surface area contributed by atoms with Crippen LogP contribution in [0.2, 0.25) is 0 Å². The quantitative estimate of drug-likeness (QED) is 0.320. The number of hydrogen-bond donors (Lipinski definition) is 1. The first kappa shape index (κ1) is 21.4. The van der Waals surface area contributed by atoms with Gasteiger partial charge in [-0.25, -0.2) is 9.37 Å². The van der Waals surface area contributed by atoms with Crippen molar-refractivity contribution in [2.24, 2.45) is 0 Å². The van der Waals surface area contributed by atoms with E-state index in [1.54, 1.807) is 24.3 Å². The number of aromatic nitrogens is 2. The number of hydrogen-bond acceptors (Lipinski definition) is 3. The maximum atomic E-state index is 13.1. The molecule has 5 nitrogen and oxygen atoms in total. The lowest BCUT2D eigenvalue weighted by Crippen LogP contribution is -2.12. The summed E-state index contributed by atoms with van der Waals surface area (Å²) in [5.41, 5.74) is 5.85. The number of benzene rings is 3. The summed E-state index contributed by atoms with van der Waals surface area (Å²) in [5.74, 6) is 0.391. The van der Waals surface area contributed by atoms with Crippen molar-refractivity contribution in [3.05, 3.63) is 114 Å². The van der Waals surface area contributed by atoms with Gasteiger partial charge in [-0.2, -0.15) is 0 Å². The smallest absolute Gasteiger partial charge is 0.255 e. The first-order valence-electron chi connectivity index (χ1n) is 10.9. The Morgan fingerprint density at radius 2 is 1.74 bits per heavy atom. The van der Waals surface area contributed by atoms with Gasteiger partial charge < -0.3 is 14.5 Å². The number of carbonyl (C=O) groups excluding carboxylic acids is 1. The number of ether oxygens (including phenoxy) is 1. The number of nitrogens with one attached hydrogen (secondary N) is 1. The maximum absolute atomic E-state index is 13.1. The zero-order valence-electron chi connectivity index (χ0n) is 18.7. The number of nitrogens with zero attached hydrogens (tertiary/aromatic N) is 2. The van der Waals surface area contributed by atoms with Crippen LogP contribution in [0.5, 0.6) is 11.5 Å². The minimum Gasteiger partial charge on any atom is -0.457 e. The van der Waals surface area contributed by atoms with Crippen molar-refractivity contribution in [1.82, 2.24) is 9.38 Å². The van der Waals surface area contributed by atoms with E-state index in [-0.39, 0.29) is 11.7 Å². The molecule has 5 rings (SSSR count). The molecule has 5 aromatic rings. The molecule has 0 saturated heterocycles. The topological polar surface area (TPSA) is 55.6 Å². The fraction of sp³-hybridized carbons (Fsp3) is 0.0714. The van der Waals surface area contributed by atoms with Crippen molar-refractivity contribution >= 4 is 17.2 Å². The van der Waals surface area contributed by atoms with E-state index >= 15 is 0 Å². The first-order chi connectivity index (χ1) is 16.5. The van der Waals surface area contributed by atoms with E-state index in [2.05, 4.69) is 5.32 Å². The second-order valence-corrected chi connectivity index (χ2v) is 8.12. The van der Waals surface area contributed by atoms with Gasteiger partial charge in [0.15, 0.2) is 0 Å². The zero-order chi connectivity index (χ0) is 23.7. The number of aryl methyl sites for hydroxylation is 2. The summed E-state index contributed by atoms with van der Waals surface area (Å²) in [7, 11) is 0. The summed E-state index contributed by atoms with van der Waals surface area (Å²) in [5, 5.41) is 3.00. The number of halogens is 1. The van der Waals surface area contributed by atoms with E-state index in [9.17, 15) is 9.18 Å². The van der Waals surface area contributed by atoms with Gasteiger partial charge in [-0.15, -0.1) is 0 Å². The van der Waals surface area contributed by atoms with Crippen molar-refractivity contribution in [1.29, 1.82) is 0 Å². The van der Waals surface area contributed by atoms with Crippen molar-refractivity contribution in [2.45, 2.75) is 13.8 Å². The molecule has 2 aromatic heterocycles. The third kappa shape index (κ3) is 4.38. The molecule has 0 unspecified atom stereocenters. The summed E-state index contributed by atoms with van der Waals surface area (Å²) in [6.07, 6.45) is 3.95. The van der Waals surface area contributed by atoms with Crippen LogP contribution in [0.3, 0.4) is 0 Å². The van der Waals surface area contributed by atoms with Crippen LogP contribution >= 0.6 is 0 Å². The van der Waals surface area contributed by atoms with Crippen LogP contribution < -0.4 is 10.1 Å². The lowest BCUT2D eigenvalue weighted by Gasteiger charge is -2.11. The summed E-state index contributed by atoms with van der Waals surface area (Å²) < 4.78 is 20.9. The van der Waals surface area contributed by atoms with Gasteiger partial charge in [-0.05, 0) is 79.6 Å². The summed E-state index contributed by atoms with van der Waals surface area (Å²) in [4.78, 5) is 17.8. The third-order valence-corrected chi connectivity index (χ3v) is 5.60. The molecule has 0 spiro atoms. The molecular formula is C28H22FN3O2. The molecule has 1 N–H and O–H groups in total. The number of carbonyl (C=O) groups is 1. The number of amides is 1. The number of imidazole rings is 1. The van der Waals surface area contributed by atoms with Crippen LogP contribution in [-0.2, 0) is 0 Å². The van der Waals surface area contributed by atoms with E-state index < -0.39 is 0 Å². The van der Waals surface area contributed by atoms with Gasteiger partial charge in [-0.3, -0.25) is 4.79 Å². The molecule has 0 fully saturated rings. The average Bonchev–Trinajstić information content (AvgIpc) is 3.28. The van der Waals surface area contributed by atoms with Gasteiger partial charge in [0.05, 0.1) is 5.69 Å². The number of anilines is 1. The minimum atomic E-state index is -0.336. The van der Waals surface area contributed by atoms with Gasteiger partial charge in [0.25, 0.3) is 5.91 Å². The van der Waals surface area contributed by atoms with Crippen LogP contribution in [0.25, 0.3) is 16.9 Å². The average molecular weight is 452 g/mol. The standard InChI is InChI=1S/C28H22FN3O2/c1-18-8-9-20(26-17-32-14-4-5-19(2)27(32)30-26)16-25(18)31-28(33)21-6-3-7-24(15-21)34-23-12-10-22(29)11-13-23/h3-17H,1-2H3,(H,31,33). The SMILES string of the molecule is Cc1ccc(-c2cn3cccc(C)c3n2)cc1NC(=O)c1cccc(Oc2ccc(F)cc2)c1. The summed E-state index contributed by atoms with van der Waals surface area (Å²) in [6.45, 7) is 3.97. The monoisotopic (exact) mass is 451 g/mol. The van der Waals surface area contributed by atoms with E-state index in [0.717, 1.165) is 28.0 Å². The largest absolute Gasteiger partial charge is 0.457 e. The second kappa shape index (κ2) is 8.83. The lowest BCUT2D eigenvalue weighted by molar-refractivity contribution is 0.102. The van der Waals surface area contributed by atoms with E-state index in [1.807, 2.05) is 61.0 Å². The van der Waals surface area contributed by atoms with E-state index in [0.29, 0.717) is 22.7 Å². The molecule has 6 heteroatoms. The molecule has 1 amide bonds. The molecule has 0 bridgehead atoms. The van der Waals surface area contributed by atoms with E-state index in [4.69, 9.17) is 9.72 Å². The normalized spacial score (nSPS) is 10.9. The Balaban J connectivity index is 1.38. The molecule has 2 heterocycles. The van der Waals surface area contributed by atoms with Gasteiger partial charge in [0.2, 0.25) is 0 Å². The Kier molecular flexibility index (Phi) is 5.55. The van der Waals surface area contributed by atoms with Crippen LogP contribution in [-0.4, -0.2) is 15.3 Å². The van der Waals surface area contributed by atoms with Crippen LogP contribution in [0.4, 0.5) is 10.1 Å². The molecule has 168 valence electrons. The second-order valence-electron chi connectivity index (χ2n) is 8.12. The molecule has 0 aliphatic carbocycles. The van der Waals surface area contributed by atoms with Crippen molar-refractivity contribution in [3.8, 4) is 22.8 Å². The van der Waals surface area contributed by atoms with Crippen molar-refractivity contribution < 1.29 is 13.9 Å². The molecule has 3 aromatic carbocycles. The highest BCUT2D eigenvalue weighted by molar-refractivity contribution is 6.05. The fourth-order valence-electron chi connectivity index (χ4n) is 3.74. The van der Waals surface area contributed by atoms with Crippen LogP contribution in [0, 0.1) is 19.7 Å². The van der Waals surface area contributed by atoms with Crippen molar-refractivity contribution in [2.75, 3.05) is 5.32 Å². The van der Waals surface area contributed by atoms with Gasteiger partial charge in [0, 0.05) is 29.2 Å². The summed E-state index contributed by atoms with van der Waals surface area (Å²) in [6, 6.07) is 22.5. The molecule has 0 aliphatic heterocycles. The third-order valence-electron chi connectivity index (χ3n) is 5.60. The number of rotatable bonds is 5. The minimum absolute atomic E-state index is 0.254. The van der Waals surface area contributed by atoms with Gasteiger partial charge in [0.1, 0.15) is 23.0 Å². The van der Waals surface area contributed by atoms with Crippen LogP contribution in [0.15, 0.2) is 91.3 Å². The molecule has 0 atom stereocenters. The first-order valence-corrected chi connectivity index (χ1v) is 10.9. The Morgan fingerprint density at radius 3 is 2.53 bits per heavy atom.